The van der Waals surface area contributed by atoms with Crippen molar-refractivity contribution in [2.24, 2.45) is 0 Å². The van der Waals surface area contributed by atoms with Crippen molar-refractivity contribution < 1.29 is 9.21 Å². The number of carbonyl (C=O) groups excluding carboxylic acids is 1. The molecule has 1 amide bonds. The van der Waals surface area contributed by atoms with Crippen molar-refractivity contribution in [3.8, 4) is 0 Å². The third kappa shape index (κ3) is 2.23. The highest BCUT2D eigenvalue weighted by Crippen LogP contribution is 2.41. The highest BCUT2D eigenvalue weighted by molar-refractivity contribution is 7.14. The van der Waals surface area contributed by atoms with Crippen LogP contribution in [0.3, 0.4) is 0 Å². The molecule has 1 N–H and O–H groups in total. The Balaban J connectivity index is 1.61. The number of amides is 1. The van der Waals surface area contributed by atoms with E-state index >= 15 is 0 Å². The molecule has 4 rings (SSSR count). The van der Waals surface area contributed by atoms with Crippen LogP contribution in [-0.2, 0) is 0 Å². The molecule has 106 valence electrons. The Kier molecular flexibility index (Phi) is 2.82. The third-order valence-electron chi connectivity index (χ3n) is 3.79. The van der Waals surface area contributed by atoms with Crippen molar-refractivity contribution in [2.75, 3.05) is 5.32 Å². The van der Waals surface area contributed by atoms with Crippen molar-refractivity contribution in [3.05, 3.63) is 46.7 Å². The number of carbonyl (C=O) groups is 1. The Morgan fingerprint density at radius 3 is 2.95 bits per heavy atom. The second kappa shape index (κ2) is 4.70. The Labute approximate surface area is 125 Å². The Morgan fingerprint density at radius 1 is 1.38 bits per heavy atom. The molecular formula is C16H14N2O2S. The van der Waals surface area contributed by atoms with Gasteiger partial charge in [0.15, 0.2) is 10.9 Å². The van der Waals surface area contributed by atoms with Gasteiger partial charge in [-0.2, -0.15) is 0 Å². The Hall–Kier alpha value is -2.14. The molecule has 3 aromatic rings. The fourth-order valence-electron chi connectivity index (χ4n) is 2.45. The molecule has 1 saturated carbocycles. The first-order valence-corrected chi connectivity index (χ1v) is 7.85. The summed E-state index contributed by atoms with van der Waals surface area (Å²) in [6, 6.07) is 7.66. The molecule has 0 spiro atoms. The van der Waals surface area contributed by atoms with E-state index in [4.69, 9.17) is 4.42 Å². The van der Waals surface area contributed by atoms with Crippen molar-refractivity contribution in [1.82, 2.24) is 4.98 Å². The third-order valence-corrected chi connectivity index (χ3v) is 4.56. The molecule has 1 aliphatic rings. The molecule has 0 aliphatic heterocycles. The lowest BCUT2D eigenvalue weighted by atomic mass is 10.1. The number of para-hydroxylation sites is 1. The van der Waals surface area contributed by atoms with Gasteiger partial charge in [0.1, 0.15) is 5.58 Å². The van der Waals surface area contributed by atoms with Gasteiger partial charge in [0.05, 0.1) is 5.69 Å². The van der Waals surface area contributed by atoms with Gasteiger partial charge in [-0.05, 0) is 25.8 Å². The van der Waals surface area contributed by atoms with Crippen LogP contribution < -0.4 is 5.32 Å². The van der Waals surface area contributed by atoms with Crippen LogP contribution in [0.4, 0.5) is 5.13 Å². The van der Waals surface area contributed by atoms with Crippen LogP contribution in [0.2, 0.25) is 0 Å². The average Bonchev–Trinajstić information content (AvgIpc) is 3.15. The number of nitrogens with zero attached hydrogens (tertiary/aromatic N) is 1. The van der Waals surface area contributed by atoms with Crippen molar-refractivity contribution in [3.63, 3.8) is 0 Å². The summed E-state index contributed by atoms with van der Waals surface area (Å²) in [5.41, 5.74) is 2.69. The fourth-order valence-corrected chi connectivity index (χ4v) is 3.24. The molecule has 0 atom stereocenters. The minimum absolute atomic E-state index is 0.236. The first-order chi connectivity index (χ1) is 10.2. The summed E-state index contributed by atoms with van der Waals surface area (Å²) < 4.78 is 5.66. The lowest BCUT2D eigenvalue weighted by Crippen LogP contribution is -2.11. The van der Waals surface area contributed by atoms with E-state index in [1.807, 2.05) is 36.6 Å². The molecular weight excluding hydrogens is 284 g/mol. The summed E-state index contributed by atoms with van der Waals surface area (Å²) in [5.74, 6) is 0.722. The number of aryl methyl sites for hydroxylation is 1. The van der Waals surface area contributed by atoms with Crippen molar-refractivity contribution in [1.29, 1.82) is 0 Å². The van der Waals surface area contributed by atoms with Crippen LogP contribution in [-0.4, -0.2) is 10.9 Å². The molecule has 21 heavy (non-hydrogen) atoms. The first kappa shape index (κ1) is 12.6. The van der Waals surface area contributed by atoms with Crippen LogP contribution in [0.5, 0.6) is 0 Å². The molecule has 2 aromatic heterocycles. The van der Waals surface area contributed by atoms with E-state index in [1.54, 1.807) is 0 Å². The van der Waals surface area contributed by atoms with Gasteiger partial charge in [-0.15, -0.1) is 11.3 Å². The largest absolute Gasteiger partial charge is 0.451 e. The zero-order chi connectivity index (χ0) is 14.4. The molecule has 2 heterocycles. The zero-order valence-corrected chi connectivity index (χ0v) is 12.4. The van der Waals surface area contributed by atoms with Gasteiger partial charge in [-0.25, -0.2) is 4.98 Å². The minimum atomic E-state index is -0.236. The van der Waals surface area contributed by atoms with E-state index < -0.39 is 0 Å². The van der Waals surface area contributed by atoms with Crippen LogP contribution in [0.1, 0.15) is 40.6 Å². The second-order valence-corrected chi connectivity index (χ2v) is 6.22. The molecule has 1 aromatic carbocycles. The molecule has 0 unspecified atom stereocenters. The number of aromatic nitrogens is 1. The van der Waals surface area contributed by atoms with Gasteiger partial charge in [0, 0.05) is 22.2 Å². The lowest BCUT2D eigenvalue weighted by Gasteiger charge is -1.99. The first-order valence-electron chi connectivity index (χ1n) is 6.97. The number of hydrogen-bond donors (Lipinski definition) is 1. The smallest absolute Gasteiger partial charge is 0.293 e. The van der Waals surface area contributed by atoms with Crippen LogP contribution in [0.25, 0.3) is 11.0 Å². The van der Waals surface area contributed by atoms with E-state index in [0.717, 1.165) is 22.2 Å². The van der Waals surface area contributed by atoms with E-state index in [1.165, 1.54) is 24.2 Å². The number of benzene rings is 1. The van der Waals surface area contributed by atoms with E-state index in [-0.39, 0.29) is 5.91 Å². The maximum absolute atomic E-state index is 12.4. The van der Waals surface area contributed by atoms with Crippen LogP contribution in [0, 0.1) is 6.92 Å². The van der Waals surface area contributed by atoms with Gasteiger partial charge >= 0.3 is 0 Å². The zero-order valence-electron chi connectivity index (χ0n) is 11.6. The molecule has 0 saturated heterocycles. The van der Waals surface area contributed by atoms with Gasteiger partial charge in [0.2, 0.25) is 0 Å². The normalized spacial score (nSPS) is 14.5. The van der Waals surface area contributed by atoms with Gasteiger partial charge in [-0.3, -0.25) is 10.1 Å². The maximum Gasteiger partial charge on any atom is 0.293 e. The molecule has 5 heteroatoms. The predicted octanol–water partition coefficient (Wildman–Crippen LogP) is 4.33. The summed E-state index contributed by atoms with van der Waals surface area (Å²) in [4.78, 5) is 16.8. The SMILES string of the molecule is Cc1c(C(=O)Nc2nc(C3CC3)cs2)oc2ccccc12. The maximum atomic E-state index is 12.4. The summed E-state index contributed by atoms with van der Waals surface area (Å²) in [6.07, 6.45) is 2.42. The fraction of sp³-hybridized carbons (Fsp3) is 0.250. The monoisotopic (exact) mass is 298 g/mol. The van der Waals surface area contributed by atoms with E-state index in [2.05, 4.69) is 10.3 Å². The molecule has 1 fully saturated rings. The Bertz CT molecular complexity index is 830. The van der Waals surface area contributed by atoms with E-state index in [0.29, 0.717) is 16.8 Å². The number of fused-ring (bicyclic) bond motifs is 1. The number of hydrogen-bond acceptors (Lipinski definition) is 4. The highest BCUT2D eigenvalue weighted by atomic mass is 32.1. The minimum Gasteiger partial charge on any atom is -0.451 e. The van der Waals surface area contributed by atoms with E-state index in [9.17, 15) is 4.79 Å². The lowest BCUT2D eigenvalue weighted by molar-refractivity contribution is 0.0998. The summed E-state index contributed by atoms with van der Waals surface area (Å²) in [6.45, 7) is 1.90. The molecule has 4 nitrogen and oxygen atoms in total. The molecule has 1 aliphatic carbocycles. The summed E-state index contributed by atoms with van der Waals surface area (Å²) in [7, 11) is 0. The summed E-state index contributed by atoms with van der Waals surface area (Å²) >= 11 is 1.47. The number of nitrogens with one attached hydrogen (secondary N) is 1. The van der Waals surface area contributed by atoms with Gasteiger partial charge in [0.25, 0.3) is 5.91 Å². The van der Waals surface area contributed by atoms with Crippen LogP contribution in [0.15, 0.2) is 34.1 Å². The molecule has 0 bridgehead atoms. The predicted molar refractivity (Wildman–Crippen MR) is 83.0 cm³/mol. The number of furan rings is 1. The molecule has 0 radical (unpaired) electrons. The highest BCUT2D eigenvalue weighted by Gasteiger charge is 2.26. The quantitative estimate of drug-likeness (QED) is 0.783. The average molecular weight is 298 g/mol. The summed E-state index contributed by atoms with van der Waals surface area (Å²) in [5, 5.41) is 6.48. The number of thiazole rings is 1. The van der Waals surface area contributed by atoms with Crippen molar-refractivity contribution in [2.45, 2.75) is 25.7 Å². The number of anilines is 1. The standard InChI is InChI=1S/C16H14N2O2S/c1-9-11-4-2-3-5-13(11)20-14(9)15(19)18-16-17-12(8-21-16)10-6-7-10/h2-5,8,10H,6-7H2,1H3,(H,17,18,19). The van der Waals surface area contributed by atoms with Gasteiger partial charge in [-0.1, -0.05) is 18.2 Å². The Morgan fingerprint density at radius 2 is 2.19 bits per heavy atom. The van der Waals surface area contributed by atoms with Crippen LogP contribution >= 0.6 is 11.3 Å². The number of rotatable bonds is 3. The topological polar surface area (TPSA) is 55.1 Å². The van der Waals surface area contributed by atoms with Crippen molar-refractivity contribution >= 4 is 33.3 Å². The second-order valence-electron chi connectivity index (χ2n) is 5.36. The van der Waals surface area contributed by atoms with Gasteiger partial charge < -0.3 is 4.42 Å².